The average Bonchev–Trinajstić information content (AvgIpc) is 2.39. The fourth-order valence-electron chi connectivity index (χ4n) is 1.43. The minimum atomic E-state index is -0.668. The molecule has 17 heavy (non-hydrogen) atoms. The second-order valence-corrected chi connectivity index (χ2v) is 3.52. The third-order valence-electron chi connectivity index (χ3n) is 2.26. The molecule has 1 rings (SSSR count). The quantitative estimate of drug-likeness (QED) is 0.318. The van der Waals surface area contributed by atoms with E-state index in [0.717, 1.165) is 12.0 Å². The highest BCUT2D eigenvalue weighted by molar-refractivity contribution is 5.81. The van der Waals surface area contributed by atoms with E-state index in [0.29, 0.717) is 13.2 Å². The molecule has 5 heteroatoms. The van der Waals surface area contributed by atoms with E-state index in [4.69, 9.17) is 15.3 Å². The molecular formula is C12H18N2O3. The molecule has 1 aromatic rings. The lowest BCUT2D eigenvalue weighted by Crippen LogP contribution is -2.36. The third kappa shape index (κ3) is 4.52. The first-order valence-corrected chi connectivity index (χ1v) is 5.45. The van der Waals surface area contributed by atoms with Crippen LogP contribution in [0.25, 0.3) is 0 Å². The van der Waals surface area contributed by atoms with Gasteiger partial charge in [0.2, 0.25) is 0 Å². The van der Waals surface area contributed by atoms with E-state index in [2.05, 4.69) is 5.43 Å². The van der Waals surface area contributed by atoms with Gasteiger partial charge in [0, 0.05) is 13.7 Å². The maximum absolute atomic E-state index is 11.6. The SMILES string of the molecule is COCCCOC(C(=O)NN)c1ccccc1. The first-order chi connectivity index (χ1) is 8.29. The first-order valence-electron chi connectivity index (χ1n) is 5.45. The Morgan fingerprint density at radius 3 is 2.65 bits per heavy atom. The van der Waals surface area contributed by atoms with E-state index in [1.54, 1.807) is 7.11 Å². The molecule has 0 aliphatic heterocycles. The fraction of sp³-hybridized carbons (Fsp3) is 0.417. The highest BCUT2D eigenvalue weighted by Crippen LogP contribution is 2.17. The van der Waals surface area contributed by atoms with Crippen LogP contribution in [0.4, 0.5) is 0 Å². The second-order valence-electron chi connectivity index (χ2n) is 3.52. The van der Waals surface area contributed by atoms with E-state index in [-0.39, 0.29) is 5.91 Å². The Balaban J connectivity index is 2.59. The number of hydrogen-bond acceptors (Lipinski definition) is 4. The van der Waals surface area contributed by atoms with Crippen LogP contribution in [0.5, 0.6) is 0 Å². The Morgan fingerprint density at radius 2 is 2.06 bits per heavy atom. The summed E-state index contributed by atoms with van der Waals surface area (Å²) < 4.78 is 10.4. The molecule has 0 radical (unpaired) electrons. The van der Waals surface area contributed by atoms with Crippen LogP contribution in [0.1, 0.15) is 18.1 Å². The zero-order valence-corrected chi connectivity index (χ0v) is 9.89. The van der Waals surface area contributed by atoms with Crippen molar-refractivity contribution in [3.05, 3.63) is 35.9 Å². The van der Waals surface area contributed by atoms with Gasteiger partial charge in [0.1, 0.15) is 0 Å². The van der Waals surface area contributed by atoms with Crippen LogP contribution in [0.3, 0.4) is 0 Å². The lowest BCUT2D eigenvalue weighted by atomic mass is 10.1. The van der Waals surface area contributed by atoms with Crippen LogP contribution in [0.2, 0.25) is 0 Å². The molecule has 1 unspecified atom stereocenters. The lowest BCUT2D eigenvalue weighted by Gasteiger charge is -2.16. The van der Waals surface area contributed by atoms with Gasteiger partial charge in [-0.05, 0) is 12.0 Å². The van der Waals surface area contributed by atoms with Crippen molar-refractivity contribution in [2.75, 3.05) is 20.3 Å². The van der Waals surface area contributed by atoms with Gasteiger partial charge in [0.25, 0.3) is 5.91 Å². The van der Waals surface area contributed by atoms with Gasteiger partial charge in [-0.3, -0.25) is 10.2 Å². The number of hydrazine groups is 1. The molecule has 1 aromatic carbocycles. The van der Waals surface area contributed by atoms with Crippen LogP contribution in [0.15, 0.2) is 30.3 Å². The summed E-state index contributed by atoms with van der Waals surface area (Å²) in [7, 11) is 1.63. The van der Waals surface area contributed by atoms with Crippen molar-refractivity contribution < 1.29 is 14.3 Å². The molecule has 0 saturated carbocycles. The number of nitrogens with one attached hydrogen (secondary N) is 1. The monoisotopic (exact) mass is 238 g/mol. The normalized spacial score (nSPS) is 12.1. The summed E-state index contributed by atoms with van der Waals surface area (Å²) in [5, 5.41) is 0. The van der Waals surface area contributed by atoms with E-state index < -0.39 is 6.10 Å². The zero-order chi connectivity index (χ0) is 12.5. The van der Waals surface area contributed by atoms with Crippen molar-refractivity contribution in [2.24, 2.45) is 5.84 Å². The molecule has 0 spiro atoms. The van der Waals surface area contributed by atoms with Crippen molar-refractivity contribution in [3.63, 3.8) is 0 Å². The molecule has 0 fully saturated rings. The minimum absolute atomic E-state index is 0.353. The van der Waals surface area contributed by atoms with Crippen molar-refractivity contribution in [1.29, 1.82) is 0 Å². The molecule has 5 nitrogen and oxygen atoms in total. The van der Waals surface area contributed by atoms with Crippen molar-refractivity contribution in [2.45, 2.75) is 12.5 Å². The highest BCUT2D eigenvalue weighted by atomic mass is 16.5. The van der Waals surface area contributed by atoms with E-state index in [9.17, 15) is 4.79 Å². The summed E-state index contributed by atoms with van der Waals surface area (Å²) >= 11 is 0. The van der Waals surface area contributed by atoms with Crippen LogP contribution in [-0.4, -0.2) is 26.2 Å². The van der Waals surface area contributed by atoms with Crippen molar-refractivity contribution >= 4 is 5.91 Å². The van der Waals surface area contributed by atoms with Crippen LogP contribution >= 0.6 is 0 Å². The van der Waals surface area contributed by atoms with Gasteiger partial charge < -0.3 is 9.47 Å². The molecule has 0 heterocycles. The Bertz CT molecular complexity index is 330. The number of ether oxygens (including phenoxy) is 2. The van der Waals surface area contributed by atoms with E-state index in [1.165, 1.54) is 0 Å². The summed E-state index contributed by atoms with van der Waals surface area (Å²) in [6, 6.07) is 9.24. The maximum Gasteiger partial charge on any atom is 0.267 e. The van der Waals surface area contributed by atoms with E-state index in [1.807, 2.05) is 30.3 Å². The number of nitrogens with two attached hydrogens (primary N) is 1. The van der Waals surface area contributed by atoms with Gasteiger partial charge in [-0.1, -0.05) is 30.3 Å². The van der Waals surface area contributed by atoms with Crippen LogP contribution < -0.4 is 11.3 Å². The smallest absolute Gasteiger partial charge is 0.267 e. The molecule has 0 aromatic heterocycles. The largest absolute Gasteiger partial charge is 0.385 e. The number of carbonyl (C=O) groups is 1. The Kier molecular flexibility index (Phi) is 6.24. The number of hydrogen-bond donors (Lipinski definition) is 2. The maximum atomic E-state index is 11.6. The molecule has 0 bridgehead atoms. The molecule has 1 amide bonds. The van der Waals surface area contributed by atoms with Crippen molar-refractivity contribution in [1.82, 2.24) is 5.43 Å². The number of benzene rings is 1. The Hall–Kier alpha value is -1.43. The van der Waals surface area contributed by atoms with Gasteiger partial charge in [-0.15, -0.1) is 0 Å². The summed E-state index contributed by atoms with van der Waals surface area (Å²) in [4.78, 5) is 11.6. The molecule has 0 saturated heterocycles. The third-order valence-corrected chi connectivity index (χ3v) is 2.26. The standard InChI is InChI=1S/C12H18N2O3/c1-16-8-5-9-17-11(12(15)14-13)10-6-3-2-4-7-10/h2-4,6-7,11H,5,8-9,13H2,1H3,(H,14,15). The first kappa shape index (κ1) is 13.6. The topological polar surface area (TPSA) is 73.6 Å². The lowest BCUT2D eigenvalue weighted by molar-refractivity contribution is -0.133. The fourth-order valence-corrected chi connectivity index (χ4v) is 1.43. The van der Waals surface area contributed by atoms with Crippen molar-refractivity contribution in [3.8, 4) is 0 Å². The Morgan fingerprint density at radius 1 is 1.35 bits per heavy atom. The molecular weight excluding hydrogens is 220 g/mol. The average molecular weight is 238 g/mol. The summed E-state index contributed by atoms with van der Waals surface area (Å²) in [5.74, 6) is 4.78. The molecule has 94 valence electrons. The zero-order valence-electron chi connectivity index (χ0n) is 9.89. The predicted molar refractivity (Wildman–Crippen MR) is 64.0 cm³/mol. The molecule has 0 aliphatic carbocycles. The number of rotatable bonds is 7. The van der Waals surface area contributed by atoms with Crippen LogP contribution in [0, 0.1) is 0 Å². The number of amides is 1. The van der Waals surface area contributed by atoms with Gasteiger partial charge in [-0.25, -0.2) is 5.84 Å². The highest BCUT2D eigenvalue weighted by Gasteiger charge is 2.19. The van der Waals surface area contributed by atoms with Gasteiger partial charge in [0.05, 0.1) is 6.61 Å². The van der Waals surface area contributed by atoms with Crippen LogP contribution in [-0.2, 0) is 14.3 Å². The molecule has 3 N–H and O–H groups in total. The summed E-state index contributed by atoms with van der Waals surface area (Å²) in [6.45, 7) is 1.05. The van der Waals surface area contributed by atoms with Gasteiger partial charge in [-0.2, -0.15) is 0 Å². The second kappa shape index (κ2) is 7.78. The summed E-state index contributed by atoms with van der Waals surface area (Å²) in [5.41, 5.74) is 2.89. The number of carbonyl (C=O) groups excluding carboxylic acids is 1. The molecule has 1 atom stereocenters. The van der Waals surface area contributed by atoms with E-state index >= 15 is 0 Å². The predicted octanol–water partition coefficient (Wildman–Crippen LogP) is 0.771. The number of methoxy groups -OCH3 is 1. The Labute approximate surface area is 101 Å². The van der Waals surface area contributed by atoms with Gasteiger partial charge in [0.15, 0.2) is 6.10 Å². The summed E-state index contributed by atoms with van der Waals surface area (Å²) in [6.07, 6.45) is 0.0653. The van der Waals surface area contributed by atoms with Gasteiger partial charge >= 0.3 is 0 Å². The minimum Gasteiger partial charge on any atom is -0.385 e. The molecule has 0 aliphatic rings.